The molecule has 1 fully saturated rings. The molecule has 0 saturated heterocycles. The van der Waals surface area contributed by atoms with Crippen LogP contribution in [-0.2, 0) is 13.1 Å². The van der Waals surface area contributed by atoms with Gasteiger partial charge in [-0.15, -0.1) is 0 Å². The van der Waals surface area contributed by atoms with Gasteiger partial charge in [0.25, 0.3) is 5.91 Å². The van der Waals surface area contributed by atoms with E-state index in [4.69, 9.17) is 17.3 Å². The van der Waals surface area contributed by atoms with E-state index < -0.39 is 0 Å². The topological polar surface area (TPSA) is 80.9 Å². The van der Waals surface area contributed by atoms with E-state index in [1.54, 1.807) is 6.20 Å². The van der Waals surface area contributed by atoms with Crippen LogP contribution in [0.5, 0.6) is 0 Å². The third-order valence-electron chi connectivity index (χ3n) is 5.26. The van der Waals surface area contributed by atoms with E-state index in [1.807, 2.05) is 43.5 Å². The second-order valence-electron chi connectivity index (χ2n) is 7.52. The van der Waals surface area contributed by atoms with Crippen LogP contribution in [0.3, 0.4) is 0 Å². The first-order chi connectivity index (χ1) is 14.0. The van der Waals surface area contributed by atoms with Gasteiger partial charge in [0.1, 0.15) is 0 Å². The van der Waals surface area contributed by atoms with Gasteiger partial charge in [0, 0.05) is 29.2 Å². The summed E-state index contributed by atoms with van der Waals surface area (Å²) in [5.74, 6) is 0.420. The van der Waals surface area contributed by atoms with Crippen molar-refractivity contribution in [3.63, 3.8) is 0 Å². The minimum Gasteiger partial charge on any atom is -0.348 e. The number of hydrogen-bond donors (Lipinski definition) is 2. The van der Waals surface area contributed by atoms with Crippen LogP contribution in [0, 0.1) is 6.92 Å². The Morgan fingerprint density at radius 1 is 1.14 bits per heavy atom. The van der Waals surface area contributed by atoms with Crippen molar-refractivity contribution >= 4 is 17.5 Å². The Morgan fingerprint density at radius 3 is 2.69 bits per heavy atom. The van der Waals surface area contributed by atoms with Crippen molar-refractivity contribution in [3.05, 3.63) is 81.6 Å². The Kier molecular flexibility index (Phi) is 5.60. The fraction of sp³-hybridized carbons (Fsp3) is 0.261. The smallest absolute Gasteiger partial charge is 0.251 e. The van der Waals surface area contributed by atoms with Crippen LogP contribution in [0.2, 0.25) is 5.02 Å². The minimum atomic E-state index is -0.132. The second kappa shape index (κ2) is 8.31. The Balaban J connectivity index is 1.58. The molecule has 148 valence electrons. The molecule has 0 unspecified atom stereocenters. The molecule has 4 rings (SSSR count). The third-order valence-corrected chi connectivity index (χ3v) is 5.49. The highest BCUT2D eigenvalue weighted by Crippen LogP contribution is 2.43. The number of nitrogens with two attached hydrogens (primary N) is 1. The van der Waals surface area contributed by atoms with E-state index in [-0.39, 0.29) is 5.91 Å². The molecule has 3 N–H and O–H groups in total. The fourth-order valence-electron chi connectivity index (χ4n) is 3.60. The van der Waals surface area contributed by atoms with Crippen LogP contribution in [0.4, 0.5) is 0 Å². The van der Waals surface area contributed by atoms with Gasteiger partial charge < -0.3 is 11.1 Å². The Bertz CT molecular complexity index is 1060. The predicted molar refractivity (Wildman–Crippen MR) is 115 cm³/mol. The van der Waals surface area contributed by atoms with Gasteiger partial charge in [0.2, 0.25) is 0 Å². The zero-order chi connectivity index (χ0) is 20.4. The lowest BCUT2D eigenvalue weighted by molar-refractivity contribution is 0.0951. The van der Waals surface area contributed by atoms with Crippen LogP contribution in [-0.4, -0.2) is 16.1 Å². The van der Waals surface area contributed by atoms with Gasteiger partial charge in [0.05, 0.1) is 12.4 Å². The third kappa shape index (κ3) is 4.47. The van der Waals surface area contributed by atoms with Crippen molar-refractivity contribution in [3.8, 4) is 11.1 Å². The minimum absolute atomic E-state index is 0.132. The summed E-state index contributed by atoms with van der Waals surface area (Å²) < 4.78 is 0. The average Bonchev–Trinajstić information content (AvgIpc) is 3.57. The van der Waals surface area contributed by atoms with E-state index in [0.29, 0.717) is 29.6 Å². The lowest BCUT2D eigenvalue weighted by Crippen LogP contribution is -2.24. The molecule has 0 radical (unpaired) electrons. The molecule has 5 nitrogen and oxygen atoms in total. The number of nitrogens with zero attached hydrogens (tertiary/aromatic N) is 2. The molecule has 1 aliphatic rings. The number of aryl methyl sites for hydroxylation is 1. The lowest BCUT2D eigenvalue weighted by atomic mass is 9.96. The van der Waals surface area contributed by atoms with Crippen molar-refractivity contribution < 1.29 is 4.79 Å². The lowest BCUT2D eigenvalue weighted by Gasteiger charge is -2.13. The molecule has 6 heteroatoms. The molecule has 1 saturated carbocycles. The Morgan fingerprint density at radius 2 is 1.93 bits per heavy atom. The summed E-state index contributed by atoms with van der Waals surface area (Å²) in [4.78, 5) is 12.9. The second-order valence-corrected chi connectivity index (χ2v) is 7.96. The van der Waals surface area contributed by atoms with E-state index in [0.717, 1.165) is 27.8 Å². The SMILES string of the molecule is Cc1cc(C(=O)NCc2cc(Cl)ccc2CN)cc(-c2cnncc2C2CC2)c1. The predicted octanol–water partition coefficient (Wildman–Crippen LogP) is 4.37. The van der Waals surface area contributed by atoms with E-state index in [2.05, 4.69) is 21.6 Å². The number of benzene rings is 2. The maximum absolute atomic E-state index is 12.9. The first-order valence-electron chi connectivity index (χ1n) is 9.73. The van der Waals surface area contributed by atoms with Gasteiger partial charge in [0.15, 0.2) is 0 Å². The number of amides is 1. The van der Waals surface area contributed by atoms with E-state index in [1.165, 1.54) is 18.4 Å². The Hall–Kier alpha value is -2.76. The quantitative estimate of drug-likeness (QED) is 0.636. The summed E-state index contributed by atoms with van der Waals surface area (Å²) in [6.45, 7) is 2.77. The van der Waals surface area contributed by atoms with Crippen LogP contribution >= 0.6 is 11.6 Å². The maximum Gasteiger partial charge on any atom is 0.251 e. The number of carbonyl (C=O) groups is 1. The zero-order valence-electron chi connectivity index (χ0n) is 16.3. The number of halogens is 1. The average molecular weight is 407 g/mol. The van der Waals surface area contributed by atoms with Crippen molar-refractivity contribution in [1.82, 2.24) is 15.5 Å². The van der Waals surface area contributed by atoms with Crippen molar-refractivity contribution in [1.29, 1.82) is 0 Å². The number of aromatic nitrogens is 2. The molecule has 1 aliphatic carbocycles. The van der Waals surface area contributed by atoms with Gasteiger partial charge in [-0.3, -0.25) is 4.79 Å². The van der Waals surface area contributed by atoms with Crippen LogP contribution in [0.25, 0.3) is 11.1 Å². The van der Waals surface area contributed by atoms with Gasteiger partial charge in [-0.05, 0) is 77.8 Å². The first-order valence-corrected chi connectivity index (χ1v) is 10.1. The largest absolute Gasteiger partial charge is 0.348 e. The number of carbonyl (C=O) groups excluding carboxylic acids is 1. The molecule has 29 heavy (non-hydrogen) atoms. The molecular formula is C23H23ClN4O. The van der Waals surface area contributed by atoms with E-state index in [9.17, 15) is 4.79 Å². The highest BCUT2D eigenvalue weighted by molar-refractivity contribution is 6.30. The monoisotopic (exact) mass is 406 g/mol. The van der Waals surface area contributed by atoms with Crippen molar-refractivity contribution in [2.75, 3.05) is 0 Å². The number of rotatable bonds is 6. The Labute approximate surface area is 175 Å². The normalized spacial score (nSPS) is 13.3. The molecule has 0 bridgehead atoms. The maximum atomic E-state index is 12.9. The summed E-state index contributed by atoms with van der Waals surface area (Å²) in [6, 6.07) is 11.4. The van der Waals surface area contributed by atoms with Crippen LogP contribution < -0.4 is 11.1 Å². The van der Waals surface area contributed by atoms with Crippen molar-refractivity contribution in [2.45, 2.75) is 38.8 Å². The summed E-state index contributed by atoms with van der Waals surface area (Å²) in [6.07, 6.45) is 6.01. The van der Waals surface area contributed by atoms with E-state index >= 15 is 0 Å². The molecule has 0 atom stereocenters. The summed E-state index contributed by atoms with van der Waals surface area (Å²) in [7, 11) is 0. The molecular weight excluding hydrogens is 384 g/mol. The summed E-state index contributed by atoms with van der Waals surface area (Å²) in [5, 5.41) is 11.7. The molecule has 1 heterocycles. The van der Waals surface area contributed by atoms with Crippen LogP contribution in [0.1, 0.15) is 51.4 Å². The first kappa shape index (κ1) is 19.6. The fourth-order valence-corrected chi connectivity index (χ4v) is 3.79. The standard InChI is InChI=1S/C23H23ClN4O/c1-14-6-17(22-13-28-27-12-21(22)15-2-3-15)8-18(7-14)23(29)26-11-19-9-20(24)5-4-16(19)10-25/h4-9,12-13,15H,2-3,10-11,25H2,1H3,(H,26,29). The van der Waals surface area contributed by atoms with Gasteiger partial charge in [-0.2, -0.15) is 10.2 Å². The molecule has 3 aromatic rings. The summed E-state index contributed by atoms with van der Waals surface area (Å²) >= 11 is 6.10. The number of hydrogen-bond acceptors (Lipinski definition) is 4. The number of nitrogens with one attached hydrogen (secondary N) is 1. The molecule has 2 aromatic carbocycles. The highest BCUT2D eigenvalue weighted by Gasteiger charge is 2.27. The van der Waals surface area contributed by atoms with Gasteiger partial charge in [-0.1, -0.05) is 23.7 Å². The van der Waals surface area contributed by atoms with Gasteiger partial charge in [-0.25, -0.2) is 0 Å². The highest BCUT2D eigenvalue weighted by atomic mass is 35.5. The summed E-state index contributed by atoms with van der Waals surface area (Å²) in [5.41, 5.74) is 12.6. The molecule has 1 aromatic heterocycles. The van der Waals surface area contributed by atoms with Crippen LogP contribution in [0.15, 0.2) is 48.8 Å². The molecule has 0 spiro atoms. The molecule has 1 amide bonds. The van der Waals surface area contributed by atoms with Gasteiger partial charge >= 0.3 is 0 Å². The zero-order valence-corrected chi connectivity index (χ0v) is 17.0. The van der Waals surface area contributed by atoms with Crippen molar-refractivity contribution in [2.24, 2.45) is 5.73 Å². The molecule has 0 aliphatic heterocycles.